The summed E-state index contributed by atoms with van der Waals surface area (Å²) in [5.74, 6) is 0.128. The normalized spacial score (nSPS) is 11.1. The van der Waals surface area contributed by atoms with Crippen LogP contribution in [-0.2, 0) is 6.42 Å². The molecule has 0 radical (unpaired) electrons. The van der Waals surface area contributed by atoms with E-state index in [0.717, 1.165) is 17.5 Å². The minimum atomic E-state index is -0.302. The van der Waals surface area contributed by atoms with E-state index in [1.807, 2.05) is 18.2 Å². The Balaban J connectivity index is 2.06. The number of hydrogen-bond acceptors (Lipinski definition) is 3. The predicted octanol–water partition coefficient (Wildman–Crippen LogP) is 3.14. The molecule has 0 aliphatic rings. The lowest BCUT2D eigenvalue weighted by Crippen LogP contribution is -2.02. The second-order valence-electron chi connectivity index (χ2n) is 4.37. The maximum absolute atomic E-state index is 13.2. The molecule has 1 heterocycles. The van der Waals surface area contributed by atoms with E-state index in [2.05, 4.69) is 4.98 Å². The summed E-state index contributed by atoms with van der Waals surface area (Å²) in [4.78, 5) is 4.39. The summed E-state index contributed by atoms with van der Waals surface area (Å²) < 4.78 is 18.8. The zero-order chi connectivity index (χ0) is 13.2. The fourth-order valence-electron chi connectivity index (χ4n) is 2.04. The number of fused-ring (bicyclic) bond motifs is 1. The minimum absolute atomic E-state index is 0.302. The van der Waals surface area contributed by atoms with Crippen LogP contribution >= 0.6 is 0 Å². The van der Waals surface area contributed by atoms with Crippen LogP contribution in [0.25, 0.3) is 22.6 Å². The molecule has 0 atom stereocenters. The molecule has 0 unspecified atom stereocenters. The second kappa shape index (κ2) is 4.82. The fourth-order valence-corrected chi connectivity index (χ4v) is 2.04. The first-order valence-corrected chi connectivity index (χ1v) is 6.12. The van der Waals surface area contributed by atoms with Crippen molar-refractivity contribution in [3.8, 4) is 11.5 Å². The number of benzene rings is 2. The Bertz CT molecular complexity index is 721. The van der Waals surface area contributed by atoms with E-state index in [4.69, 9.17) is 10.2 Å². The van der Waals surface area contributed by atoms with Crippen LogP contribution in [0.4, 0.5) is 4.39 Å². The summed E-state index contributed by atoms with van der Waals surface area (Å²) in [5.41, 5.74) is 8.75. The Morgan fingerprint density at radius 2 is 2.05 bits per heavy atom. The van der Waals surface area contributed by atoms with Gasteiger partial charge in [0.05, 0.1) is 0 Å². The first kappa shape index (κ1) is 11.9. The number of oxazole rings is 1. The fraction of sp³-hybridized carbons (Fsp3) is 0.133. The lowest BCUT2D eigenvalue weighted by molar-refractivity contribution is 0.611. The number of nitrogens with zero attached hydrogens (tertiary/aromatic N) is 1. The van der Waals surface area contributed by atoms with Crippen molar-refractivity contribution in [3.63, 3.8) is 0 Å². The lowest BCUT2D eigenvalue weighted by atomic mass is 10.1. The number of nitrogens with two attached hydrogens (primary N) is 1. The van der Waals surface area contributed by atoms with E-state index >= 15 is 0 Å². The summed E-state index contributed by atoms with van der Waals surface area (Å²) in [5, 5.41) is 0. The van der Waals surface area contributed by atoms with Crippen molar-refractivity contribution in [1.29, 1.82) is 0 Å². The zero-order valence-corrected chi connectivity index (χ0v) is 10.3. The molecule has 0 spiro atoms. The predicted molar refractivity (Wildman–Crippen MR) is 72.2 cm³/mol. The van der Waals surface area contributed by atoms with Crippen LogP contribution in [0.15, 0.2) is 46.9 Å². The molecule has 2 N–H and O–H groups in total. The Hall–Kier alpha value is -2.20. The number of halogens is 1. The van der Waals surface area contributed by atoms with Gasteiger partial charge in [-0.1, -0.05) is 12.1 Å². The van der Waals surface area contributed by atoms with Gasteiger partial charge >= 0.3 is 0 Å². The molecule has 0 saturated carbocycles. The molecule has 0 aliphatic carbocycles. The summed E-state index contributed by atoms with van der Waals surface area (Å²) in [6.45, 7) is 0.597. The van der Waals surface area contributed by atoms with Crippen LogP contribution in [0.5, 0.6) is 0 Å². The molecule has 19 heavy (non-hydrogen) atoms. The molecule has 4 heteroatoms. The van der Waals surface area contributed by atoms with Gasteiger partial charge in [0, 0.05) is 5.56 Å². The average Bonchev–Trinajstić information content (AvgIpc) is 2.82. The first-order valence-electron chi connectivity index (χ1n) is 6.12. The van der Waals surface area contributed by atoms with Crippen molar-refractivity contribution in [1.82, 2.24) is 4.98 Å². The highest BCUT2D eigenvalue weighted by Gasteiger charge is 2.09. The molecular formula is C15H13FN2O. The van der Waals surface area contributed by atoms with Gasteiger partial charge in [-0.15, -0.1) is 0 Å². The third-order valence-electron chi connectivity index (χ3n) is 2.96. The highest BCUT2D eigenvalue weighted by atomic mass is 19.1. The average molecular weight is 256 g/mol. The third-order valence-corrected chi connectivity index (χ3v) is 2.96. The number of aromatic nitrogens is 1. The molecule has 0 saturated heterocycles. The van der Waals surface area contributed by atoms with E-state index in [0.29, 0.717) is 23.6 Å². The van der Waals surface area contributed by atoms with Gasteiger partial charge in [0.15, 0.2) is 5.58 Å². The highest BCUT2D eigenvalue weighted by molar-refractivity contribution is 5.76. The van der Waals surface area contributed by atoms with Crippen molar-refractivity contribution in [2.45, 2.75) is 6.42 Å². The minimum Gasteiger partial charge on any atom is -0.436 e. The van der Waals surface area contributed by atoms with E-state index in [-0.39, 0.29) is 5.82 Å². The van der Waals surface area contributed by atoms with Gasteiger partial charge in [-0.3, -0.25) is 0 Å². The van der Waals surface area contributed by atoms with Crippen LogP contribution < -0.4 is 5.73 Å². The quantitative estimate of drug-likeness (QED) is 0.783. The molecule has 0 amide bonds. The van der Waals surface area contributed by atoms with Crippen LogP contribution in [0, 0.1) is 5.82 Å². The third kappa shape index (κ3) is 2.35. The Morgan fingerprint density at radius 3 is 2.84 bits per heavy atom. The largest absolute Gasteiger partial charge is 0.436 e. The van der Waals surface area contributed by atoms with Crippen LogP contribution in [-0.4, -0.2) is 11.5 Å². The smallest absolute Gasteiger partial charge is 0.227 e. The number of hydrogen-bond donors (Lipinski definition) is 1. The summed E-state index contributed by atoms with van der Waals surface area (Å²) >= 11 is 0. The van der Waals surface area contributed by atoms with E-state index in [1.165, 1.54) is 12.1 Å². The van der Waals surface area contributed by atoms with Crippen molar-refractivity contribution in [2.24, 2.45) is 5.73 Å². The Kier molecular flexibility index (Phi) is 3.01. The van der Waals surface area contributed by atoms with Gasteiger partial charge in [-0.05, 0) is 48.9 Å². The van der Waals surface area contributed by atoms with Gasteiger partial charge in [0.1, 0.15) is 11.3 Å². The van der Waals surface area contributed by atoms with Gasteiger partial charge in [0.2, 0.25) is 5.89 Å². The van der Waals surface area contributed by atoms with Crippen molar-refractivity contribution in [2.75, 3.05) is 6.54 Å². The molecule has 0 fully saturated rings. The van der Waals surface area contributed by atoms with Gasteiger partial charge in [-0.25, -0.2) is 9.37 Å². The molecule has 3 rings (SSSR count). The summed E-state index contributed by atoms with van der Waals surface area (Å²) in [7, 11) is 0. The Morgan fingerprint density at radius 1 is 1.16 bits per heavy atom. The molecule has 0 aliphatic heterocycles. The molecule has 1 aromatic heterocycles. The second-order valence-corrected chi connectivity index (χ2v) is 4.37. The maximum Gasteiger partial charge on any atom is 0.227 e. The molecule has 96 valence electrons. The van der Waals surface area contributed by atoms with Crippen molar-refractivity contribution >= 4 is 11.1 Å². The van der Waals surface area contributed by atoms with Gasteiger partial charge in [0.25, 0.3) is 0 Å². The van der Waals surface area contributed by atoms with Crippen molar-refractivity contribution in [3.05, 3.63) is 53.8 Å². The molecule has 3 aromatic rings. The van der Waals surface area contributed by atoms with Gasteiger partial charge in [-0.2, -0.15) is 0 Å². The summed E-state index contributed by atoms with van der Waals surface area (Å²) in [6.07, 6.45) is 0.804. The standard InChI is InChI=1S/C15H13FN2O/c16-12-3-1-2-11(9-12)15-18-13-8-10(6-7-17)4-5-14(13)19-15/h1-5,8-9H,6-7,17H2. The van der Waals surface area contributed by atoms with Crippen LogP contribution in [0.2, 0.25) is 0 Å². The SMILES string of the molecule is NCCc1ccc2oc(-c3cccc(F)c3)nc2c1. The lowest BCUT2D eigenvalue weighted by Gasteiger charge is -1.95. The summed E-state index contributed by atoms with van der Waals surface area (Å²) in [6, 6.07) is 12.0. The topological polar surface area (TPSA) is 52.0 Å². The van der Waals surface area contributed by atoms with Gasteiger partial charge < -0.3 is 10.2 Å². The van der Waals surface area contributed by atoms with E-state index in [9.17, 15) is 4.39 Å². The number of rotatable bonds is 3. The molecule has 2 aromatic carbocycles. The monoisotopic (exact) mass is 256 g/mol. The first-order chi connectivity index (χ1) is 9.26. The zero-order valence-electron chi connectivity index (χ0n) is 10.3. The maximum atomic E-state index is 13.2. The van der Waals surface area contributed by atoms with E-state index < -0.39 is 0 Å². The van der Waals surface area contributed by atoms with Crippen LogP contribution in [0.3, 0.4) is 0 Å². The molecule has 0 bridgehead atoms. The van der Waals surface area contributed by atoms with Crippen molar-refractivity contribution < 1.29 is 8.81 Å². The molecule has 3 nitrogen and oxygen atoms in total. The highest BCUT2D eigenvalue weighted by Crippen LogP contribution is 2.25. The van der Waals surface area contributed by atoms with Crippen LogP contribution in [0.1, 0.15) is 5.56 Å². The Labute approximate surface area is 109 Å². The van der Waals surface area contributed by atoms with E-state index in [1.54, 1.807) is 12.1 Å². The molecular weight excluding hydrogens is 243 g/mol.